The quantitative estimate of drug-likeness (QED) is 0.491. The lowest BCUT2D eigenvalue weighted by atomic mass is 10.2. The van der Waals surface area contributed by atoms with E-state index < -0.39 is 0 Å². The lowest BCUT2D eigenvalue weighted by molar-refractivity contribution is -0.129. The Balaban J connectivity index is 2.38. The first-order valence-corrected chi connectivity index (χ1v) is 4.80. The molecule has 1 heterocycles. The topological polar surface area (TPSA) is 55.6 Å². The lowest BCUT2D eigenvalue weighted by Crippen LogP contribution is -2.52. The number of unbranched alkanes of at least 4 members (excludes halogenated alkanes) is 1. The number of hydrogen-bond donors (Lipinski definition) is 1. The molecule has 4 nitrogen and oxygen atoms in total. The Hall–Kier alpha value is -1.05. The zero-order valence-corrected chi connectivity index (χ0v) is 8.24. The van der Waals surface area contributed by atoms with Gasteiger partial charge in [0.15, 0.2) is 0 Å². The summed E-state index contributed by atoms with van der Waals surface area (Å²) in [5, 5.41) is 0. The van der Waals surface area contributed by atoms with E-state index in [0.717, 1.165) is 25.9 Å². The van der Waals surface area contributed by atoms with Gasteiger partial charge in [-0.2, -0.15) is 0 Å². The molecule has 0 spiro atoms. The maximum atomic E-state index is 11.1. The van der Waals surface area contributed by atoms with Crippen LogP contribution in [0.25, 0.3) is 0 Å². The van der Waals surface area contributed by atoms with Crippen molar-refractivity contribution in [3.63, 3.8) is 0 Å². The third-order valence-corrected chi connectivity index (χ3v) is 2.33. The van der Waals surface area contributed by atoms with Gasteiger partial charge >= 0.3 is 0 Å². The number of carbonyl (C=O) groups excluding carboxylic acids is 1. The second-order valence-corrected chi connectivity index (χ2v) is 3.34. The van der Waals surface area contributed by atoms with Crippen molar-refractivity contribution in [2.75, 3.05) is 26.3 Å². The van der Waals surface area contributed by atoms with Crippen LogP contribution in [0.3, 0.4) is 0 Å². The second-order valence-electron chi connectivity index (χ2n) is 3.34. The number of rotatable bonds is 4. The molecule has 1 rings (SSSR count). The normalized spacial score (nSPS) is 22.9. The highest BCUT2D eigenvalue weighted by Crippen LogP contribution is 2.07. The minimum absolute atomic E-state index is 0.276. The van der Waals surface area contributed by atoms with Gasteiger partial charge in [-0.05, 0) is 6.42 Å². The van der Waals surface area contributed by atoms with Gasteiger partial charge in [0.1, 0.15) is 6.04 Å². The van der Waals surface area contributed by atoms with Crippen molar-refractivity contribution >= 4 is 5.91 Å². The maximum absolute atomic E-state index is 11.1. The molecule has 1 fully saturated rings. The monoisotopic (exact) mass is 196 g/mol. The third-order valence-electron chi connectivity index (χ3n) is 2.33. The Morgan fingerprint density at radius 1 is 1.71 bits per heavy atom. The number of hydrogen-bond acceptors (Lipinski definition) is 3. The van der Waals surface area contributed by atoms with Gasteiger partial charge in [0.25, 0.3) is 0 Å². The molecule has 4 heteroatoms. The molecule has 1 atom stereocenters. The summed E-state index contributed by atoms with van der Waals surface area (Å²) in [6.45, 7) is 2.66. The van der Waals surface area contributed by atoms with Crippen molar-refractivity contribution in [2.45, 2.75) is 18.9 Å². The summed E-state index contributed by atoms with van der Waals surface area (Å²) in [4.78, 5) is 13.1. The minimum atomic E-state index is -0.314. The molecule has 1 aliphatic heterocycles. The molecule has 0 bridgehead atoms. The molecular formula is C10H16N2O2. The van der Waals surface area contributed by atoms with E-state index in [-0.39, 0.29) is 11.9 Å². The predicted molar refractivity (Wildman–Crippen MR) is 53.4 cm³/mol. The van der Waals surface area contributed by atoms with Crippen molar-refractivity contribution < 1.29 is 9.53 Å². The van der Waals surface area contributed by atoms with Gasteiger partial charge in [-0.25, -0.2) is 0 Å². The predicted octanol–water partition coefficient (Wildman–Crippen LogP) is -0.414. The number of ether oxygens (including phenoxy) is 1. The molecule has 78 valence electrons. The number of morpholine rings is 1. The highest BCUT2D eigenvalue weighted by Gasteiger charge is 2.26. The van der Waals surface area contributed by atoms with Gasteiger partial charge in [-0.15, -0.1) is 12.3 Å². The summed E-state index contributed by atoms with van der Waals surface area (Å²) in [5.74, 6) is 2.26. The van der Waals surface area contributed by atoms with Crippen LogP contribution in [0.15, 0.2) is 0 Å². The zero-order valence-electron chi connectivity index (χ0n) is 8.24. The van der Waals surface area contributed by atoms with E-state index >= 15 is 0 Å². The molecule has 2 N–H and O–H groups in total. The van der Waals surface area contributed by atoms with Gasteiger partial charge in [0.2, 0.25) is 5.91 Å². The van der Waals surface area contributed by atoms with E-state index in [9.17, 15) is 4.79 Å². The molecule has 1 saturated heterocycles. The molecule has 0 radical (unpaired) electrons. The summed E-state index contributed by atoms with van der Waals surface area (Å²) < 4.78 is 5.20. The van der Waals surface area contributed by atoms with E-state index in [1.165, 1.54) is 0 Å². The molecule has 1 amide bonds. The molecule has 0 aliphatic carbocycles. The minimum Gasteiger partial charge on any atom is -0.378 e. The first kappa shape index (κ1) is 11.0. The SMILES string of the molecule is C#CCCCN1CCOCC1C(N)=O. The molecule has 14 heavy (non-hydrogen) atoms. The largest absolute Gasteiger partial charge is 0.378 e. The van der Waals surface area contributed by atoms with Gasteiger partial charge in [0, 0.05) is 19.5 Å². The highest BCUT2D eigenvalue weighted by atomic mass is 16.5. The van der Waals surface area contributed by atoms with Gasteiger partial charge in [-0.1, -0.05) is 0 Å². The van der Waals surface area contributed by atoms with E-state index in [0.29, 0.717) is 13.2 Å². The van der Waals surface area contributed by atoms with Crippen molar-refractivity contribution in [3.05, 3.63) is 0 Å². The molecule has 1 unspecified atom stereocenters. The van der Waals surface area contributed by atoms with Crippen LogP contribution >= 0.6 is 0 Å². The Labute approximate surface area is 84.4 Å². The van der Waals surface area contributed by atoms with E-state index in [2.05, 4.69) is 5.92 Å². The van der Waals surface area contributed by atoms with Gasteiger partial charge in [-0.3, -0.25) is 9.69 Å². The lowest BCUT2D eigenvalue weighted by Gasteiger charge is -2.33. The summed E-state index contributed by atoms with van der Waals surface area (Å²) in [5.41, 5.74) is 5.26. The fourth-order valence-corrected chi connectivity index (χ4v) is 1.55. The highest BCUT2D eigenvalue weighted by molar-refractivity contribution is 5.80. The fourth-order valence-electron chi connectivity index (χ4n) is 1.55. The van der Waals surface area contributed by atoms with Crippen LogP contribution in [0, 0.1) is 12.3 Å². The summed E-state index contributed by atoms with van der Waals surface area (Å²) in [6, 6.07) is -0.276. The van der Waals surface area contributed by atoms with E-state index in [1.807, 2.05) is 4.90 Å². The number of nitrogens with two attached hydrogens (primary N) is 1. The fraction of sp³-hybridized carbons (Fsp3) is 0.700. The van der Waals surface area contributed by atoms with Crippen LogP contribution in [0.2, 0.25) is 0 Å². The maximum Gasteiger partial charge on any atom is 0.237 e. The average Bonchev–Trinajstić information content (AvgIpc) is 2.19. The van der Waals surface area contributed by atoms with Crippen molar-refractivity contribution in [1.82, 2.24) is 4.90 Å². The molecule has 0 aromatic carbocycles. The molecule has 0 aromatic rings. The third kappa shape index (κ3) is 3.02. The summed E-state index contributed by atoms with van der Waals surface area (Å²) >= 11 is 0. The van der Waals surface area contributed by atoms with E-state index in [1.54, 1.807) is 0 Å². The molecule has 0 aromatic heterocycles. The standard InChI is InChI=1S/C10H16N2O2/c1-2-3-4-5-12-6-7-14-8-9(12)10(11)13/h1,9H,3-8H2,(H2,11,13). The summed E-state index contributed by atoms with van der Waals surface area (Å²) in [6.07, 6.45) is 6.80. The van der Waals surface area contributed by atoms with Gasteiger partial charge in [0.05, 0.1) is 13.2 Å². The van der Waals surface area contributed by atoms with Crippen LogP contribution < -0.4 is 5.73 Å². The first-order valence-electron chi connectivity index (χ1n) is 4.80. The number of carbonyl (C=O) groups is 1. The van der Waals surface area contributed by atoms with Crippen molar-refractivity contribution in [3.8, 4) is 12.3 Å². The summed E-state index contributed by atoms with van der Waals surface area (Å²) in [7, 11) is 0. The molecule has 0 saturated carbocycles. The van der Waals surface area contributed by atoms with Crippen molar-refractivity contribution in [1.29, 1.82) is 0 Å². The number of amides is 1. The number of nitrogens with zero attached hydrogens (tertiary/aromatic N) is 1. The molecule has 1 aliphatic rings. The number of terminal acetylenes is 1. The number of primary amides is 1. The average molecular weight is 196 g/mol. The second kappa shape index (κ2) is 5.63. The van der Waals surface area contributed by atoms with Crippen LogP contribution in [-0.2, 0) is 9.53 Å². The van der Waals surface area contributed by atoms with Crippen molar-refractivity contribution in [2.24, 2.45) is 5.73 Å². The smallest absolute Gasteiger partial charge is 0.237 e. The van der Waals surface area contributed by atoms with Crippen LogP contribution in [0.1, 0.15) is 12.8 Å². The Morgan fingerprint density at radius 3 is 3.14 bits per heavy atom. The Morgan fingerprint density at radius 2 is 2.50 bits per heavy atom. The van der Waals surface area contributed by atoms with Crippen LogP contribution in [0.4, 0.5) is 0 Å². The first-order chi connectivity index (χ1) is 6.75. The van der Waals surface area contributed by atoms with Crippen LogP contribution in [0.5, 0.6) is 0 Å². The Kier molecular flexibility index (Phi) is 4.44. The zero-order chi connectivity index (χ0) is 10.4. The van der Waals surface area contributed by atoms with Gasteiger partial charge < -0.3 is 10.5 Å². The van der Waals surface area contributed by atoms with E-state index in [4.69, 9.17) is 16.9 Å². The Bertz CT molecular complexity index is 235. The molecular weight excluding hydrogens is 180 g/mol. The van der Waals surface area contributed by atoms with Crippen LogP contribution in [-0.4, -0.2) is 43.2 Å².